The number of nitrogens with zero attached hydrogens (tertiary/aromatic N) is 1. The van der Waals surface area contributed by atoms with E-state index >= 15 is 0 Å². The Morgan fingerprint density at radius 3 is 2.77 bits per heavy atom. The molecule has 0 aliphatic rings. The van der Waals surface area contributed by atoms with E-state index < -0.39 is 0 Å². The number of aryl methyl sites for hydroxylation is 1. The summed E-state index contributed by atoms with van der Waals surface area (Å²) in [5.41, 5.74) is 9.07. The van der Waals surface area contributed by atoms with Gasteiger partial charge in [0, 0.05) is 41.8 Å². The quantitative estimate of drug-likeness (QED) is 0.777. The predicted molar refractivity (Wildman–Crippen MR) is 86.2 cm³/mol. The molecule has 0 amide bonds. The topological polar surface area (TPSA) is 40.2 Å². The highest BCUT2D eigenvalue weighted by Gasteiger charge is 2.09. The lowest BCUT2D eigenvalue weighted by molar-refractivity contribution is 0.305. The summed E-state index contributed by atoms with van der Waals surface area (Å²) in [7, 11) is 0. The Morgan fingerprint density at radius 2 is 2.05 bits per heavy atom. The van der Waals surface area contributed by atoms with Crippen LogP contribution in [0.1, 0.15) is 18.1 Å². The van der Waals surface area contributed by atoms with Crippen molar-refractivity contribution in [1.29, 1.82) is 0 Å². The summed E-state index contributed by atoms with van der Waals surface area (Å²) in [6.07, 6.45) is 2.09. The summed E-state index contributed by atoms with van der Waals surface area (Å²) in [5, 5.41) is 1.15. The van der Waals surface area contributed by atoms with Gasteiger partial charge in [-0.05, 0) is 30.7 Å². The minimum absolute atomic E-state index is 0.291. The molecule has 2 aromatic carbocycles. The molecule has 2 N–H and O–H groups in total. The number of hydrogen-bond acceptors (Lipinski definition) is 2. The smallest absolute Gasteiger partial charge is 0.126 e. The fraction of sp³-hybridized carbons (Fsp3) is 0.222. The van der Waals surface area contributed by atoms with E-state index in [-0.39, 0.29) is 5.82 Å². The van der Waals surface area contributed by atoms with Crippen molar-refractivity contribution >= 4 is 10.9 Å². The zero-order chi connectivity index (χ0) is 15.5. The third-order valence-corrected chi connectivity index (χ3v) is 3.80. The van der Waals surface area contributed by atoms with Crippen molar-refractivity contribution in [3.63, 3.8) is 0 Å². The fourth-order valence-electron chi connectivity index (χ4n) is 2.64. The van der Waals surface area contributed by atoms with E-state index in [1.807, 2.05) is 6.07 Å². The Balaban J connectivity index is 1.90. The maximum absolute atomic E-state index is 13.2. The van der Waals surface area contributed by atoms with Gasteiger partial charge in [-0.25, -0.2) is 4.39 Å². The van der Waals surface area contributed by atoms with Crippen molar-refractivity contribution in [1.82, 2.24) is 4.57 Å². The van der Waals surface area contributed by atoms with Gasteiger partial charge in [0.2, 0.25) is 0 Å². The van der Waals surface area contributed by atoms with Gasteiger partial charge in [0.05, 0.1) is 0 Å². The maximum Gasteiger partial charge on any atom is 0.126 e. The van der Waals surface area contributed by atoms with Crippen LogP contribution in [0.5, 0.6) is 5.75 Å². The van der Waals surface area contributed by atoms with E-state index in [0.717, 1.165) is 28.6 Å². The van der Waals surface area contributed by atoms with Crippen LogP contribution in [0, 0.1) is 5.82 Å². The number of fused-ring (bicyclic) bond motifs is 1. The van der Waals surface area contributed by atoms with E-state index in [2.05, 4.69) is 29.8 Å². The molecule has 114 valence electrons. The zero-order valence-corrected chi connectivity index (χ0v) is 12.6. The molecule has 0 unspecified atom stereocenters. The molecule has 0 saturated carbocycles. The molecule has 3 aromatic rings. The zero-order valence-electron chi connectivity index (χ0n) is 12.6. The van der Waals surface area contributed by atoms with Crippen molar-refractivity contribution in [2.45, 2.75) is 26.6 Å². The summed E-state index contributed by atoms with van der Waals surface area (Å²) in [4.78, 5) is 0. The fourth-order valence-corrected chi connectivity index (χ4v) is 2.64. The van der Waals surface area contributed by atoms with Crippen molar-refractivity contribution in [3.8, 4) is 5.75 Å². The predicted octanol–water partition coefficient (Wildman–Crippen LogP) is 3.84. The molecule has 3 rings (SSSR count). The molecular formula is C18H19FN2O. The normalized spacial score (nSPS) is 11.0. The molecule has 3 nitrogen and oxygen atoms in total. The Hall–Kier alpha value is -2.33. The average molecular weight is 298 g/mol. The highest BCUT2D eigenvalue weighted by molar-refractivity contribution is 5.84. The van der Waals surface area contributed by atoms with Crippen molar-refractivity contribution in [2.75, 3.05) is 0 Å². The first-order valence-electron chi connectivity index (χ1n) is 7.40. The molecule has 0 bridgehead atoms. The van der Waals surface area contributed by atoms with E-state index in [4.69, 9.17) is 10.5 Å². The monoisotopic (exact) mass is 298 g/mol. The highest BCUT2D eigenvalue weighted by atomic mass is 19.1. The van der Waals surface area contributed by atoms with Crippen LogP contribution in [0.2, 0.25) is 0 Å². The Morgan fingerprint density at radius 1 is 1.18 bits per heavy atom. The first-order valence-corrected chi connectivity index (χ1v) is 7.40. The number of rotatable bonds is 5. The lowest BCUT2D eigenvalue weighted by Crippen LogP contribution is -1.97. The van der Waals surface area contributed by atoms with Crippen LogP contribution in [0.4, 0.5) is 4.39 Å². The first-order chi connectivity index (χ1) is 10.7. The summed E-state index contributed by atoms with van der Waals surface area (Å²) in [5.74, 6) is 0.247. The van der Waals surface area contributed by atoms with Gasteiger partial charge in [-0.15, -0.1) is 0 Å². The minimum atomic E-state index is -0.291. The van der Waals surface area contributed by atoms with Crippen molar-refractivity contribution in [3.05, 3.63) is 65.6 Å². The summed E-state index contributed by atoms with van der Waals surface area (Å²) in [6, 6.07) is 12.4. The Bertz CT molecular complexity index is 795. The standard InChI is InChI=1S/C18H19FN2O/c1-2-21-11-14(12-22-16-5-3-4-15(19)9-16)17-7-6-13(10-20)8-18(17)21/h3-9,11H,2,10,12,20H2,1H3. The van der Waals surface area contributed by atoms with Crippen LogP contribution >= 0.6 is 0 Å². The first kappa shape index (κ1) is 14.6. The number of ether oxygens (including phenoxy) is 1. The van der Waals surface area contributed by atoms with Crippen LogP contribution in [0.25, 0.3) is 10.9 Å². The molecule has 4 heteroatoms. The van der Waals surface area contributed by atoms with E-state index in [1.54, 1.807) is 12.1 Å². The van der Waals surface area contributed by atoms with Crippen molar-refractivity contribution in [2.24, 2.45) is 5.73 Å². The second-order valence-corrected chi connectivity index (χ2v) is 5.24. The third-order valence-electron chi connectivity index (χ3n) is 3.80. The number of benzene rings is 2. The summed E-state index contributed by atoms with van der Waals surface area (Å²) >= 11 is 0. The van der Waals surface area contributed by atoms with Gasteiger partial charge < -0.3 is 15.0 Å². The van der Waals surface area contributed by atoms with Gasteiger partial charge in [0.15, 0.2) is 0 Å². The van der Waals surface area contributed by atoms with Crippen LogP contribution in [-0.4, -0.2) is 4.57 Å². The van der Waals surface area contributed by atoms with Gasteiger partial charge in [-0.3, -0.25) is 0 Å². The molecule has 0 fully saturated rings. The molecule has 0 aliphatic carbocycles. The van der Waals surface area contributed by atoms with Gasteiger partial charge in [-0.2, -0.15) is 0 Å². The molecule has 22 heavy (non-hydrogen) atoms. The average Bonchev–Trinajstić information content (AvgIpc) is 2.90. The van der Waals surface area contributed by atoms with Gasteiger partial charge >= 0.3 is 0 Å². The van der Waals surface area contributed by atoms with Crippen LogP contribution < -0.4 is 10.5 Å². The van der Waals surface area contributed by atoms with Crippen LogP contribution in [-0.2, 0) is 19.7 Å². The number of aromatic nitrogens is 1. The van der Waals surface area contributed by atoms with E-state index in [0.29, 0.717) is 18.9 Å². The lowest BCUT2D eigenvalue weighted by atomic mass is 10.1. The molecule has 0 radical (unpaired) electrons. The molecular weight excluding hydrogens is 279 g/mol. The number of hydrogen-bond donors (Lipinski definition) is 1. The van der Waals surface area contributed by atoms with E-state index in [1.165, 1.54) is 12.1 Å². The third kappa shape index (κ3) is 2.83. The molecule has 1 aromatic heterocycles. The second-order valence-electron chi connectivity index (χ2n) is 5.24. The molecule has 0 spiro atoms. The Kier molecular flexibility index (Phi) is 4.11. The van der Waals surface area contributed by atoms with Crippen LogP contribution in [0.15, 0.2) is 48.7 Å². The van der Waals surface area contributed by atoms with Crippen molar-refractivity contribution < 1.29 is 9.13 Å². The van der Waals surface area contributed by atoms with Gasteiger partial charge in [-0.1, -0.05) is 18.2 Å². The maximum atomic E-state index is 13.2. The number of nitrogens with two attached hydrogens (primary N) is 1. The SMILES string of the molecule is CCn1cc(COc2cccc(F)c2)c2ccc(CN)cc21. The summed E-state index contributed by atoms with van der Waals surface area (Å²) < 4.78 is 21.1. The minimum Gasteiger partial charge on any atom is -0.489 e. The second kappa shape index (κ2) is 6.20. The number of halogens is 1. The molecule has 0 atom stereocenters. The molecule has 1 heterocycles. The lowest BCUT2D eigenvalue weighted by Gasteiger charge is -2.05. The van der Waals surface area contributed by atoms with Crippen LogP contribution in [0.3, 0.4) is 0 Å². The highest BCUT2D eigenvalue weighted by Crippen LogP contribution is 2.24. The van der Waals surface area contributed by atoms with Gasteiger partial charge in [0.25, 0.3) is 0 Å². The summed E-state index contributed by atoms with van der Waals surface area (Å²) in [6.45, 7) is 3.92. The molecule has 0 saturated heterocycles. The Labute approximate surface area is 129 Å². The largest absolute Gasteiger partial charge is 0.489 e. The van der Waals surface area contributed by atoms with Gasteiger partial charge in [0.1, 0.15) is 18.2 Å². The van der Waals surface area contributed by atoms with E-state index in [9.17, 15) is 4.39 Å². The molecule has 0 aliphatic heterocycles.